The topological polar surface area (TPSA) is 66.5 Å². The molecule has 6 heteroatoms. The van der Waals surface area contributed by atoms with Crippen molar-refractivity contribution in [3.63, 3.8) is 0 Å². The van der Waals surface area contributed by atoms with E-state index in [1.165, 1.54) is 0 Å². The smallest absolute Gasteiger partial charge is 0.261 e. The van der Waals surface area contributed by atoms with Crippen molar-refractivity contribution in [3.8, 4) is 0 Å². The van der Waals surface area contributed by atoms with Crippen molar-refractivity contribution >= 4 is 22.9 Å². The summed E-state index contributed by atoms with van der Waals surface area (Å²) in [5.41, 5.74) is 5.66. The summed E-state index contributed by atoms with van der Waals surface area (Å²) >= 11 is 0. The fourth-order valence-corrected chi connectivity index (χ4v) is 3.83. The summed E-state index contributed by atoms with van der Waals surface area (Å²) < 4.78 is 5.59. The lowest BCUT2D eigenvalue weighted by molar-refractivity contribution is -0.113. The minimum atomic E-state index is 0.0392. The molecule has 0 saturated carbocycles. The lowest BCUT2D eigenvalue weighted by Crippen LogP contribution is -2.35. The van der Waals surface area contributed by atoms with Crippen LogP contribution in [0, 0.1) is 0 Å². The summed E-state index contributed by atoms with van der Waals surface area (Å²) in [4.78, 5) is 19.1. The highest BCUT2D eigenvalue weighted by Gasteiger charge is 2.36. The number of fused-ring (bicyclic) bond motifs is 1. The molecule has 1 aromatic carbocycles. The van der Waals surface area contributed by atoms with Gasteiger partial charge in [-0.15, -0.1) is 0 Å². The summed E-state index contributed by atoms with van der Waals surface area (Å²) in [7, 11) is 0. The maximum Gasteiger partial charge on any atom is 0.261 e. The van der Waals surface area contributed by atoms with Crippen LogP contribution in [0.4, 0.5) is 11.4 Å². The highest BCUT2D eigenvalue weighted by atomic mass is 16.5. The molecule has 1 amide bonds. The minimum absolute atomic E-state index is 0.0392. The molecule has 0 aliphatic carbocycles. The van der Waals surface area contributed by atoms with Crippen LogP contribution in [0.15, 0.2) is 48.4 Å². The Morgan fingerprint density at radius 2 is 1.96 bits per heavy atom. The molecule has 1 atom stereocenters. The molecule has 2 aromatic rings. The van der Waals surface area contributed by atoms with Gasteiger partial charge in [0.25, 0.3) is 5.91 Å². The molecule has 4 rings (SSSR count). The third-order valence-electron chi connectivity index (χ3n) is 5.20. The predicted octanol–water partition coefficient (Wildman–Crippen LogP) is 3.34. The predicted molar refractivity (Wildman–Crippen MR) is 111 cm³/mol. The molecule has 6 nitrogen and oxygen atoms in total. The Labute approximate surface area is 165 Å². The largest absolute Gasteiger partial charge is 0.383 e. The zero-order valence-corrected chi connectivity index (χ0v) is 16.5. The van der Waals surface area contributed by atoms with Crippen molar-refractivity contribution in [3.05, 3.63) is 59.5 Å². The second kappa shape index (κ2) is 7.64. The molecule has 2 aliphatic rings. The van der Waals surface area contributed by atoms with Gasteiger partial charge in [0.2, 0.25) is 0 Å². The van der Waals surface area contributed by atoms with Gasteiger partial charge < -0.3 is 20.3 Å². The summed E-state index contributed by atoms with van der Waals surface area (Å²) in [5.74, 6) is 0.0392. The van der Waals surface area contributed by atoms with Crippen LogP contribution in [0.1, 0.15) is 37.9 Å². The number of benzene rings is 1. The Hall–Kier alpha value is -2.86. The van der Waals surface area contributed by atoms with E-state index in [1.807, 2.05) is 43.0 Å². The number of nitrogens with one attached hydrogen (secondary N) is 2. The van der Waals surface area contributed by atoms with E-state index >= 15 is 0 Å². The van der Waals surface area contributed by atoms with E-state index < -0.39 is 0 Å². The van der Waals surface area contributed by atoms with Gasteiger partial charge in [-0.05, 0) is 56.7 Å². The van der Waals surface area contributed by atoms with Crippen molar-refractivity contribution in [1.82, 2.24) is 10.3 Å². The fraction of sp³-hybridized carbons (Fsp3) is 0.364. The number of aromatic nitrogens is 1. The SMILES string of the molecule is CC(Nc1ccc2c(c1)/C(=C1\COCCN1)C(=O)N2C(C)C)c1ccncc1. The van der Waals surface area contributed by atoms with E-state index in [4.69, 9.17) is 4.74 Å². The van der Waals surface area contributed by atoms with Gasteiger partial charge in [-0.2, -0.15) is 0 Å². The summed E-state index contributed by atoms with van der Waals surface area (Å²) in [6.45, 7) is 8.02. The molecular weight excluding hydrogens is 352 g/mol. The van der Waals surface area contributed by atoms with Gasteiger partial charge in [-0.3, -0.25) is 9.78 Å². The van der Waals surface area contributed by atoms with Crippen molar-refractivity contribution in [2.45, 2.75) is 32.9 Å². The third-order valence-corrected chi connectivity index (χ3v) is 5.20. The van der Waals surface area contributed by atoms with Gasteiger partial charge in [0.05, 0.1) is 30.2 Å². The van der Waals surface area contributed by atoms with Crippen molar-refractivity contribution in [2.75, 3.05) is 30.0 Å². The van der Waals surface area contributed by atoms with Crippen LogP contribution < -0.4 is 15.5 Å². The summed E-state index contributed by atoms with van der Waals surface area (Å²) in [5, 5.41) is 6.90. The maximum absolute atomic E-state index is 13.2. The van der Waals surface area contributed by atoms with Crippen LogP contribution in [0.3, 0.4) is 0 Å². The Bertz CT molecular complexity index is 900. The molecule has 0 radical (unpaired) electrons. The molecule has 1 unspecified atom stereocenters. The molecule has 28 heavy (non-hydrogen) atoms. The zero-order chi connectivity index (χ0) is 19.7. The van der Waals surface area contributed by atoms with Crippen molar-refractivity contribution in [1.29, 1.82) is 0 Å². The standard InChI is InChI=1S/C22H26N4O2/c1-14(2)26-20-5-4-17(25-15(3)16-6-8-23-9-7-16)12-18(20)21(22(26)27)19-13-28-11-10-24-19/h4-9,12,14-15,24-25H,10-11,13H2,1-3H3/b21-19-. The number of hydrogen-bond acceptors (Lipinski definition) is 5. The van der Waals surface area contributed by atoms with Crippen molar-refractivity contribution < 1.29 is 9.53 Å². The first-order chi connectivity index (χ1) is 13.6. The minimum Gasteiger partial charge on any atom is -0.383 e. The Balaban J connectivity index is 1.71. The molecule has 2 aliphatic heterocycles. The first-order valence-electron chi connectivity index (χ1n) is 9.75. The number of morpholine rings is 1. The molecule has 1 saturated heterocycles. The molecule has 1 fully saturated rings. The maximum atomic E-state index is 13.2. The fourth-order valence-electron chi connectivity index (χ4n) is 3.83. The lowest BCUT2D eigenvalue weighted by atomic mass is 10.0. The van der Waals surface area contributed by atoms with Crippen molar-refractivity contribution in [2.24, 2.45) is 0 Å². The molecule has 2 N–H and O–H groups in total. The van der Waals surface area contributed by atoms with E-state index in [9.17, 15) is 4.79 Å². The van der Waals surface area contributed by atoms with Crippen LogP contribution in [0.25, 0.3) is 5.57 Å². The van der Waals surface area contributed by atoms with Crippen LogP contribution >= 0.6 is 0 Å². The number of ether oxygens (including phenoxy) is 1. The number of hydrogen-bond donors (Lipinski definition) is 2. The third kappa shape index (κ3) is 3.36. The summed E-state index contributed by atoms with van der Waals surface area (Å²) in [6, 6.07) is 10.4. The second-order valence-corrected chi connectivity index (χ2v) is 7.48. The molecule has 3 heterocycles. The van der Waals surface area contributed by atoms with Crippen LogP contribution in [0.5, 0.6) is 0 Å². The highest BCUT2D eigenvalue weighted by molar-refractivity contribution is 6.33. The van der Waals surface area contributed by atoms with E-state index in [-0.39, 0.29) is 18.0 Å². The first-order valence-corrected chi connectivity index (χ1v) is 9.75. The van der Waals surface area contributed by atoms with Gasteiger partial charge in [-0.25, -0.2) is 0 Å². The molecule has 0 spiro atoms. The number of pyridine rings is 1. The number of carbonyl (C=O) groups is 1. The number of rotatable bonds is 4. The van der Waals surface area contributed by atoms with E-state index in [1.54, 1.807) is 12.4 Å². The average Bonchev–Trinajstić information content (AvgIpc) is 3.00. The van der Waals surface area contributed by atoms with Gasteiger partial charge in [0.1, 0.15) is 0 Å². The van der Waals surface area contributed by atoms with Gasteiger partial charge in [-0.1, -0.05) is 0 Å². The lowest BCUT2D eigenvalue weighted by Gasteiger charge is -2.22. The quantitative estimate of drug-likeness (QED) is 0.799. The van der Waals surface area contributed by atoms with Crippen LogP contribution in [0.2, 0.25) is 0 Å². The summed E-state index contributed by atoms with van der Waals surface area (Å²) in [6.07, 6.45) is 3.60. The monoisotopic (exact) mass is 378 g/mol. The molecular formula is C22H26N4O2. The second-order valence-electron chi connectivity index (χ2n) is 7.48. The normalized spacial score (nSPS) is 20.1. The van der Waals surface area contributed by atoms with Gasteiger partial charge >= 0.3 is 0 Å². The molecule has 0 bridgehead atoms. The highest BCUT2D eigenvalue weighted by Crippen LogP contribution is 2.41. The average molecular weight is 378 g/mol. The van der Waals surface area contributed by atoms with Gasteiger partial charge in [0, 0.05) is 42.3 Å². The number of amides is 1. The van der Waals surface area contributed by atoms with E-state index in [0.29, 0.717) is 13.2 Å². The number of carbonyl (C=O) groups excluding carboxylic acids is 1. The Morgan fingerprint density at radius 3 is 2.64 bits per heavy atom. The Morgan fingerprint density at radius 1 is 1.18 bits per heavy atom. The first kappa shape index (κ1) is 18.5. The van der Waals surface area contributed by atoms with E-state index in [2.05, 4.69) is 28.6 Å². The zero-order valence-electron chi connectivity index (χ0n) is 16.5. The molecule has 146 valence electrons. The van der Waals surface area contributed by atoms with Crippen LogP contribution in [-0.2, 0) is 9.53 Å². The van der Waals surface area contributed by atoms with Gasteiger partial charge in [0.15, 0.2) is 0 Å². The van der Waals surface area contributed by atoms with Crippen LogP contribution in [-0.4, -0.2) is 36.7 Å². The number of anilines is 2. The number of nitrogens with zero attached hydrogens (tertiary/aromatic N) is 2. The molecule has 1 aromatic heterocycles. The van der Waals surface area contributed by atoms with E-state index in [0.717, 1.165) is 40.3 Å². The Kier molecular flexibility index (Phi) is 5.05.